The first kappa shape index (κ1) is 24.0. The van der Waals surface area contributed by atoms with Gasteiger partial charge in [-0.05, 0) is 36.8 Å². The lowest BCUT2D eigenvalue weighted by Crippen LogP contribution is -2.52. The molecule has 2 aromatic carbocycles. The Kier molecular flexibility index (Phi) is 7.04. The lowest BCUT2D eigenvalue weighted by atomic mass is 9.92. The van der Waals surface area contributed by atoms with Crippen LogP contribution in [0.2, 0.25) is 5.02 Å². The minimum atomic E-state index is -1.34. The van der Waals surface area contributed by atoms with Crippen LogP contribution in [0.5, 0.6) is 5.75 Å². The van der Waals surface area contributed by atoms with Crippen LogP contribution in [-0.4, -0.2) is 78.4 Å². The predicted molar refractivity (Wildman–Crippen MR) is 124 cm³/mol. The Hall–Kier alpha value is -3.17. The van der Waals surface area contributed by atoms with E-state index in [-0.39, 0.29) is 12.5 Å². The van der Waals surface area contributed by atoms with Crippen LogP contribution in [0.4, 0.5) is 9.18 Å². The smallest absolute Gasteiger partial charge is 0.325 e. The number of nitrogens with zero attached hydrogens (tertiary/aromatic N) is 3. The number of amides is 4. The van der Waals surface area contributed by atoms with Gasteiger partial charge in [0.05, 0.1) is 5.02 Å². The summed E-state index contributed by atoms with van der Waals surface area (Å²) in [6.45, 7) is 4.67. The van der Waals surface area contributed by atoms with Gasteiger partial charge in [0.25, 0.3) is 5.91 Å². The lowest BCUT2D eigenvalue weighted by molar-refractivity contribution is -0.139. The molecule has 2 aromatic rings. The summed E-state index contributed by atoms with van der Waals surface area (Å²) < 4.78 is 19.0. The molecule has 1 N–H and O–H groups in total. The van der Waals surface area contributed by atoms with Gasteiger partial charge >= 0.3 is 6.03 Å². The van der Waals surface area contributed by atoms with E-state index in [9.17, 15) is 18.8 Å². The molecule has 0 aliphatic carbocycles. The highest BCUT2D eigenvalue weighted by Crippen LogP contribution is 2.29. The number of carbonyl (C=O) groups excluding carboxylic acids is 3. The van der Waals surface area contributed by atoms with Crippen LogP contribution in [0.25, 0.3) is 0 Å². The van der Waals surface area contributed by atoms with Crippen molar-refractivity contribution in [3.8, 4) is 5.75 Å². The molecule has 1 unspecified atom stereocenters. The molecule has 180 valence electrons. The van der Waals surface area contributed by atoms with Gasteiger partial charge in [0.2, 0.25) is 5.91 Å². The van der Waals surface area contributed by atoms with Gasteiger partial charge in [-0.25, -0.2) is 9.18 Å². The summed E-state index contributed by atoms with van der Waals surface area (Å²) in [5, 5.41) is 3.20. The summed E-state index contributed by atoms with van der Waals surface area (Å²) in [5.74, 6) is -0.628. The molecule has 1 atom stereocenters. The number of para-hydroxylation sites is 1. The maximum atomic E-state index is 13.3. The van der Waals surface area contributed by atoms with Crippen molar-refractivity contribution in [1.29, 1.82) is 0 Å². The van der Waals surface area contributed by atoms with E-state index >= 15 is 0 Å². The molecule has 8 nitrogen and oxygen atoms in total. The molecular formula is C24H26ClFN4O4. The van der Waals surface area contributed by atoms with Crippen LogP contribution in [0.15, 0.2) is 48.5 Å². The molecule has 0 saturated carbocycles. The Balaban J connectivity index is 1.26. The quantitative estimate of drug-likeness (QED) is 0.605. The van der Waals surface area contributed by atoms with Crippen molar-refractivity contribution < 1.29 is 23.5 Å². The van der Waals surface area contributed by atoms with Crippen molar-refractivity contribution in [1.82, 2.24) is 20.0 Å². The lowest BCUT2D eigenvalue weighted by Gasteiger charge is -2.35. The molecule has 0 bridgehead atoms. The fraction of sp³-hybridized carbons (Fsp3) is 0.375. The number of halogens is 2. The number of hydrogen-bond acceptors (Lipinski definition) is 5. The molecule has 0 radical (unpaired) electrons. The fourth-order valence-electron chi connectivity index (χ4n) is 4.12. The third-order valence-electron chi connectivity index (χ3n) is 6.22. The van der Waals surface area contributed by atoms with Gasteiger partial charge in [-0.15, -0.1) is 0 Å². The number of benzene rings is 2. The molecule has 2 fully saturated rings. The van der Waals surface area contributed by atoms with E-state index in [2.05, 4.69) is 10.2 Å². The molecule has 34 heavy (non-hydrogen) atoms. The SMILES string of the molecule is CC1(c2ccc(F)cc2)NC(=O)N(CC(=O)N2CCN(CCOc3ccccc3Cl)CC2)C1=O. The van der Waals surface area contributed by atoms with E-state index in [1.54, 1.807) is 17.9 Å². The number of piperazine rings is 1. The third kappa shape index (κ3) is 5.00. The molecule has 2 heterocycles. The van der Waals surface area contributed by atoms with Crippen molar-refractivity contribution in [3.05, 3.63) is 64.9 Å². The van der Waals surface area contributed by atoms with Crippen LogP contribution >= 0.6 is 11.6 Å². The van der Waals surface area contributed by atoms with Crippen molar-refractivity contribution in [2.45, 2.75) is 12.5 Å². The maximum Gasteiger partial charge on any atom is 0.325 e. The molecule has 0 spiro atoms. The fourth-order valence-corrected chi connectivity index (χ4v) is 4.31. The highest BCUT2D eigenvalue weighted by molar-refractivity contribution is 6.32. The summed E-state index contributed by atoms with van der Waals surface area (Å²) in [6.07, 6.45) is 0. The Morgan fingerprint density at radius 2 is 1.76 bits per heavy atom. The summed E-state index contributed by atoms with van der Waals surface area (Å²) in [6, 6.07) is 12.0. The van der Waals surface area contributed by atoms with E-state index in [0.717, 1.165) is 4.90 Å². The topological polar surface area (TPSA) is 82.2 Å². The highest BCUT2D eigenvalue weighted by atomic mass is 35.5. The number of imide groups is 1. The zero-order chi connectivity index (χ0) is 24.3. The van der Waals surface area contributed by atoms with Crippen LogP contribution in [0, 0.1) is 5.82 Å². The second kappa shape index (κ2) is 9.99. The Bertz CT molecular complexity index is 1070. The van der Waals surface area contributed by atoms with Crippen LogP contribution in [0.3, 0.4) is 0 Å². The van der Waals surface area contributed by atoms with Gasteiger partial charge in [0, 0.05) is 32.7 Å². The summed E-state index contributed by atoms with van der Waals surface area (Å²) in [5.41, 5.74) is -0.888. The zero-order valence-electron chi connectivity index (χ0n) is 18.8. The van der Waals surface area contributed by atoms with E-state index in [1.165, 1.54) is 24.3 Å². The van der Waals surface area contributed by atoms with Crippen LogP contribution in [-0.2, 0) is 15.1 Å². The summed E-state index contributed by atoms with van der Waals surface area (Å²) in [4.78, 5) is 43.1. The largest absolute Gasteiger partial charge is 0.491 e. The monoisotopic (exact) mass is 488 g/mol. The van der Waals surface area contributed by atoms with Gasteiger partial charge in [-0.1, -0.05) is 35.9 Å². The number of urea groups is 1. The van der Waals surface area contributed by atoms with E-state index in [1.807, 2.05) is 18.2 Å². The number of carbonyl (C=O) groups is 3. The van der Waals surface area contributed by atoms with Crippen molar-refractivity contribution >= 4 is 29.4 Å². The number of ether oxygens (including phenoxy) is 1. The molecule has 2 saturated heterocycles. The van der Waals surface area contributed by atoms with Crippen LogP contribution < -0.4 is 10.1 Å². The average Bonchev–Trinajstić information content (AvgIpc) is 3.05. The highest BCUT2D eigenvalue weighted by Gasteiger charge is 2.49. The zero-order valence-corrected chi connectivity index (χ0v) is 19.6. The van der Waals surface area contributed by atoms with E-state index in [4.69, 9.17) is 16.3 Å². The number of rotatable bonds is 7. The summed E-state index contributed by atoms with van der Waals surface area (Å²) in [7, 11) is 0. The van der Waals surface area contributed by atoms with Gasteiger partial charge in [-0.2, -0.15) is 0 Å². The van der Waals surface area contributed by atoms with Crippen LogP contribution in [0.1, 0.15) is 12.5 Å². The van der Waals surface area contributed by atoms with E-state index < -0.39 is 23.3 Å². The average molecular weight is 489 g/mol. The van der Waals surface area contributed by atoms with Crippen molar-refractivity contribution in [2.24, 2.45) is 0 Å². The Morgan fingerprint density at radius 3 is 2.44 bits per heavy atom. The molecule has 0 aromatic heterocycles. The molecule has 4 rings (SSSR count). The standard InChI is InChI=1S/C24H26ClFN4O4/c1-24(17-6-8-18(26)9-7-17)22(32)30(23(33)27-24)16-21(31)29-12-10-28(11-13-29)14-15-34-20-5-3-2-4-19(20)25/h2-9H,10-16H2,1H3,(H,27,33). The second-order valence-electron chi connectivity index (χ2n) is 8.45. The molecule has 2 aliphatic rings. The molecule has 2 aliphatic heterocycles. The van der Waals surface area contributed by atoms with Crippen molar-refractivity contribution in [3.63, 3.8) is 0 Å². The van der Waals surface area contributed by atoms with Crippen molar-refractivity contribution in [2.75, 3.05) is 45.9 Å². The second-order valence-corrected chi connectivity index (χ2v) is 8.86. The Labute approximate surface area is 202 Å². The molecular weight excluding hydrogens is 463 g/mol. The predicted octanol–water partition coefficient (Wildman–Crippen LogP) is 2.47. The van der Waals surface area contributed by atoms with Gasteiger partial charge in [-0.3, -0.25) is 19.4 Å². The first-order chi connectivity index (χ1) is 16.3. The minimum Gasteiger partial charge on any atom is -0.491 e. The summed E-state index contributed by atoms with van der Waals surface area (Å²) >= 11 is 6.09. The number of nitrogens with one attached hydrogen (secondary N) is 1. The first-order valence-electron chi connectivity index (χ1n) is 11.1. The van der Waals surface area contributed by atoms with Gasteiger partial charge in [0.15, 0.2) is 0 Å². The van der Waals surface area contributed by atoms with E-state index in [0.29, 0.717) is 55.7 Å². The minimum absolute atomic E-state index is 0.293. The van der Waals surface area contributed by atoms with Gasteiger partial charge < -0.3 is 15.0 Å². The third-order valence-corrected chi connectivity index (χ3v) is 6.53. The number of hydrogen-bond donors (Lipinski definition) is 1. The maximum absolute atomic E-state index is 13.3. The Morgan fingerprint density at radius 1 is 1.09 bits per heavy atom. The van der Waals surface area contributed by atoms with Gasteiger partial charge in [0.1, 0.15) is 30.3 Å². The first-order valence-corrected chi connectivity index (χ1v) is 11.4. The molecule has 4 amide bonds. The normalized spacial score (nSPS) is 21.0. The molecule has 10 heteroatoms.